The average Bonchev–Trinajstić information content (AvgIpc) is 2.75. The Morgan fingerprint density at radius 2 is 1.55 bits per heavy atom. The van der Waals surface area contributed by atoms with Crippen molar-refractivity contribution in [3.8, 4) is 0 Å². The molecule has 0 radical (unpaired) electrons. The van der Waals surface area contributed by atoms with Crippen LogP contribution in [0.4, 0.5) is 4.39 Å². The summed E-state index contributed by atoms with van der Waals surface area (Å²) in [5, 5.41) is 0. The van der Waals surface area contributed by atoms with Gasteiger partial charge in [0.05, 0.1) is 18.0 Å². The summed E-state index contributed by atoms with van der Waals surface area (Å²) in [7, 11) is -1.90. The van der Waals surface area contributed by atoms with Gasteiger partial charge in [0.15, 0.2) is 11.6 Å². The van der Waals surface area contributed by atoms with E-state index in [0.717, 1.165) is 19.3 Å². The van der Waals surface area contributed by atoms with Gasteiger partial charge >= 0.3 is 0 Å². The minimum atomic E-state index is -3.58. The fraction of sp³-hybridized carbons (Fsp3) is 0.440. The van der Waals surface area contributed by atoms with Crippen molar-refractivity contribution in [1.29, 1.82) is 0 Å². The first-order valence-electron chi connectivity index (χ1n) is 11.2. The van der Waals surface area contributed by atoms with E-state index in [2.05, 4.69) is 0 Å². The molecule has 0 spiro atoms. The van der Waals surface area contributed by atoms with Crippen molar-refractivity contribution in [2.24, 2.45) is 0 Å². The molecule has 1 aliphatic rings. The highest BCUT2D eigenvalue weighted by atomic mass is 32.2. The van der Waals surface area contributed by atoms with E-state index in [1.54, 1.807) is 49.2 Å². The maximum absolute atomic E-state index is 13.3. The second-order valence-electron chi connectivity index (χ2n) is 8.80. The number of rotatable bonds is 10. The number of Topliss-reactive ketones (excluding diaryl/α,β-unsaturated/α-hetero) is 2. The van der Waals surface area contributed by atoms with E-state index in [1.165, 1.54) is 16.4 Å². The Morgan fingerprint density at radius 3 is 2.15 bits per heavy atom. The first-order chi connectivity index (χ1) is 15.6. The Labute approximate surface area is 195 Å². The van der Waals surface area contributed by atoms with E-state index in [4.69, 9.17) is 0 Å². The Morgan fingerprint density at radius 1 is 0.939 bits per heavy atom. The van der Waals surface area contributed by atoms with Gasteiger partial charge in [0.2, 0.25) is 10.0 Å². The number of sulfonamides is 1. The number of hydrogen-bond donors (Lipinski definition) is 0. The molecule has 0 aromatic heterocycles. The van der Waals surface area contributed by atoms with Gasteiger partial charge in [-0.3, -0.25) is 14.5 Å². The molecule has 2 aromatic carbocycles. The molecule has 0 aliphatic carbocycles. The second kappa shape index (κ2) is 11.1. The van der Waals surface area contributed by atoms with Crippen LogP contribution in [0.1, 0.15) is 36.0 Å². The summed E-state index contributed by atoms with van der Waals surface area (Å²) in [5.74, 6) is -0.606. The topological polar surface area (TPSA) is 74.8 Å². The minimum Gasteiger partial charge on any atom is -0.298 e. The van der Waals surface area contributed by atoms with Gasteiger partial charge in [0.1, 0.15) is 5.82 Å². The van der Waals surface area contributed by atoms with Gasteiger partial charge < -0.3 is 0 Å². The van der Waals surface area contributed by atoms with E-state index in [-0.39, 0.29) is 48.2 Å². The second-order valence-corrected chi connectivity index (χ2v) is 10.7. The molecule has 1 aliphatic heterocycles. The molecule has 2 aromatic rings. The molecular weight excluding hydrogens is 443 g/mol. The number of nitrogens with zero attached hydrogens (tertiary/aromatic N) is 2. The lowest BCUT2D eigenvalue weighted by Crippen LogP contribution is -2.36. The third kappa shape index (κ3) is 7.03. The molecule has 0 atom stereocenters. The molecule has 3 rings (SSSR count). The molecule has 0 unspecified atom stereocenters. The van der Waals surface area contributed by atoms with E-state index < -0.39 is 10.0 Å². The van der Waals surface area contributed by atoms with Gasteiger partial charge in [0.25, 0.3) is 0 Å². The number of aryl methyl sites for hydroxylation is 1. The summed E-state index contributed by atoms with van der Waals surface area (Å²) in [6, 6.07) is 11.0. The van der Waals surface area contributed by atoms with Crippen LogP contribution >= 0.6 is 0 Å². The lowest BCUT2D eigenvalue weighted by molar-refractivity contribution is -0.121. The van der Waals surface area contributed by atoms with Crippen molar-refractivity contribution in [3.05, 3.63) is 65.0 Å². The molecule has 178 valence electrons. The lowest BCUT2D eigenvalue weighted by Gasteiger charge is -2.26. The maximum Gasteiger partial charge on any atom is 0.243 e. The van der Waals surface area contributed by atoms with Gasteiger partial charge in [-0.05, 0) is 61.7 Å². The van der Waals surface area contributed by atoms with Crippen molar-refractivity contribution in [3.63, 3.8) is 0 Å². The average molecular weight is 475 g/mol. The highest BCUT2D eigenvalue weighted by Crippen LogP contribution is 2.24. The number of piperidine rings is 1. The quantitative estimate of drug-likeness (QED) is 0.529. The van der Waals surface area contributed by atoms with Crippen molar-refractivity contribution < 1.29 is 22.4 Å². The summed E-state index contributed by atoms with van der Waals surface area (Å²) in [5.41, 5.74) is 1.90. The first-order valence-corrected chi connectivity index (χ1v) is 12.7. The number of ketones is 2. The summed E-state index contributed by atoms with van der Waals surface area (Å²) in [6.07, 6.45) is 2.95. The van der Waals surface area contributed by atoms with Crippen LogP contribution in [0, 0.1) is 12.7 Å². The van der Waals surface area contributed by atoms with Crippen LogP contribution in [0.3, 0.4) is 0 Å². The van der Waals surface area contributed by atoms with Crippen LogP contribution in [-0.2, 0) is 32.5 Å². The van der Waals surface area contributed by atoms with Crippen LogP contribution in [0.2, 0.25) is 0 Å². The zero-order chi connectivity index (χ0) is 24.0. The Hall–Kier alpha value is -2.42. The van der Waals surface area contributed by atoms with E-state index in [0.29, 0.717) is 29.8 Å². The number of benzene rings is 2. The molecule has 0 saturated carbocycles. The fourth-order valence-corrected chi connectivity index (χ4v) is 5.94. The highest BCUT2D eigenvalue weighted by molar-refractivity contribution is 7.89. The number of carbonyl (C=O) groups excluding carboxylic acids is 2. The Balaban J connectivity index is 1.58. The molecule has 1 heterocycles. The summed E-state index contributed by atoms with van der Waals surface area (Å²) in [6.45, 7) is 2.96. The van der Waals surface area contributed by atoms with Gasteiger partial charge in [-0.25, -0.2) is 12.8 Å². The van der Waals surface area contributed by atoms with Crippen LogP contribution < -0.4 is 0 Å². The molecule has 8 heteroatoms. The zero-order valence-corrected chi connectivity index (χ0v) is 20.0. The standard InChI is InChI=1S/C25H31FN2O4S/c1-19-9-10-21(16-25(19)33(31,32)28-11-4-3-5-12-28)15-24(30)18-27(2)17-23(29)14-20-7-6-8-22(26)13-20/h6-10,13,16H,3-5,11-12,14-15,17-18H2,1-2H3. The molecule has 1 fully saturated rings. The molecular formula is C25H31FN2O4S. The molecule has 33 heavy (non-hydrogen) atoms. The highest BCUT2D eigenvalue weighted by Gasteiger charge is 2.27. The predicted octanol–water partition coefficient (Wildman–Crippen LogP) is 3.16. The number of hydrogen-bond acceptors (Lipinski definition) is 5. The van der Waals surface area contributed by atoms with Gasteiger partial charge in [-0.15, -0.1) is 0 Å². The third-order valence-corrected chi connectivity index (χ3v) is 7.81. The van der Waals surface area contributed by atoms with Crippen LogP contribution in [0.25, 0.3) is 0 Å². The third-order valence-electron chi connectivity index (χ3n) is 5.77. The number of halogens is 1. The molecule has 1 saturated heterocycles. The Bertz CT molecular complexity index is 1110. The van der Waals surface area contributed by atoms with Gasteiger partial charge in [-0.2, -0.15) is 4.31 Å². The molecule has 0 N–H and O–H groups in total. The van der Waals surface area contributed by atoms with Crippen LogP contribution in [0.5, 0.6) is 0 Å². The summed E-state index contributed by atoms with van der Waals surface area (Å²) >= 11 is 0. The normalized spacial score (nSPS) is 15.0. The van der Waals surface area contributed by atoms with E-state index in [1.807, 2.05) is 0 Å². The molecule has 0 amide bonds. The molecule has 6 nitrogen and oxygen atoms in total. The summed E-state index contributed by atoms with van der Waals surface area (Å²) < 4.78 is 41.0. The summed E-state index contributed by atoms with van der Waals surface area (Å²) in [4.78, 5) is 26.7. The largest absolute Gasteiger partial charge is 0.298 e. The van der Waals surface area contributed by atoms with Crippen LogP contribution in [-0.4, -0.2) is 62.4 Å². The smallest absolute Gasteiger partial charge is 0.243 e. The predicted molar refractivity (Wildman–Crippen MR) is 125 cm³/mol. The fourth-order valence-electron chi connectivity index (χ4n) is 4.15. The van der Waals surface area contributed by atoms with Crippen molar-refractivity contribution >= 4 is 21.6 Å². The molecule has 0 bridgehead atoms. The Kier molecular flexibility index (Phi) is 8.51. The van der Waals surface area contributed by atoms with Gasteiger partial charge in [0, 0.05) is 25.9 Å². The number of likely N-dealkylation sites (N-methyl/N-ethyl adjacent to an activating group) is 1. The van der Waals surface area contributed by atoms with E-state index >= 15 is 0 Å². The SMILES string of the molecule is Cc1ccc(CC(=O)CN(C)CC(=O)Cc2cccc(F)c2)cc1S(=O)(=O)N1CCCCC1. The zero-order valence-electron chi connectivity index (χ0n) is 19.2. The number of carbonyl (C=O) groups is 2. The van der Waals surface area contributed by atoms with Crippen LogP contribution in [0.15, 0.2) is 47.4 Å². The first kappa shape index (κ1) is 25.2. The van der Waals surface area contributed by atoms with E-state index in [9.17, 15) is 22.4 Å². The van der Waals surface area contributed by atoms with Crippen molar-refractivity contribution in [2.75, 3.05) is 33.2 Å². The van der Waals surface area contributed by atoms with Gasteiger partial charge in [-0.1, -0.05) is 30.7 Å². The van der Waals surface area contributed by atoms with Crippen molar-refractivity contribution in [2.45, 2.75) is 43.9 Å². The van der Waals surface area contributed by atoms with Crippen molar-refractivity contribution in [1.82, 2.24) is 9.21 Å². The lowest BCUT2D eigenvalue weighted by atomic mass is 10.1. The monoisotopic (exact) mass is 474 g/mol. The minimum absolute atomic E-state index is 0.0664. The maximum atomic E-state index is 13.3.